The van der Waals surface area contributed by atoms with Gasteiger partial charge in [0.2, 0.25) is 5.78 Å². The third kappa shape index (κ3) is 1.59. The van der Waals surface area contributed by atoms with E-state index in [2.05, 4.69) is 10.3 Å². The van der Waals surface area contributed by atoms with E-state index in [0.29, 0.717) is 13.2 Å². The molecule has 7 heteroatoms. The number of hydrogen-bond donors (Lipinski definition) is 2. The monoisotopic (exact) mass is 214 g/mol. The summed E-state index contributed by atoms with van der Waals surface area (Å²) in [5, 5.41) is 23.0. The fourth-order valence-electron chi connectivity index (χ4n) is 1.76. The summed E-state index contributed by atoms with van der Waals surface area (Å²) in [5.74, 6) is -1.58. The van der Waals surface area contributed by atoms with Gasteiger partial charge in [-0.15, -0.1) is 0 Å². The molecule has 0 aromatic heterocycles. The second-order valence-electron chi connectivity index (χ2n) is 3.38. The molecule has 15 heavy (non-hydrogen) atoms. The molecule has 82 valence electrons. The van der Waals surface area contributed by atoms with Crippen molar-refractivity contribution in [2.75, 3.05) is 13.2 Å². The van der Waals surface area contributed by atoms with E-state index >= 15 is 0 Å². The summed E-state index contributed by atoms with van der Waals surface area (Å²) in [6.07, 6.45) is 0.142. The molecule has 1 spiro atoms. The van der Waals surface area contributed by atoms with Gasteiger partial charge in [-0.3, -0.25) is 4.79 Å². The summed E-state index contributed by atoms with van der Waals surface area (Å²) in [4.78, 5) is 11.4. The fourth-order valence-corrected chi connectivity index (χ4v) is 1.76. The fraction of sp³-hybridized carbons (Fsp3) is 0.625. The van der Waals surface area contributed by atoms with Crippen molar-refractivity contribution in [2.45, 2.75) is 18.6 Å². The maximum absolute atomic E-state index is 11.4. The maximum Gasteiger partial charge on any atom is 0.228 e. The van der Waals surface area contributed by atoms with Gasteiger partial charge in [0.05, 0.1) is 26.1 Å². The first-order chi connectivity index (χ1) is 7.21. The van der Waals surface area contributed by atoms with Gasteiger partial charge < -0.3 is 19.9 Å². The van der Waals surface area contributed by atoms with Crippen LogP contribution in [0.3, 0.4) is 0 Å². The van der Waals surface area contributed by atoms with Crippen molar-refractivity contribution in [1.82, 2.24) is 0 Å². The predicted octanol–water partition coefficient (Wildman–Crippen LogP) is -0.247. The Morgan fingerprint density at radius 3 is 1.93 bits per heavy atom. The lowest BCUT2D eigenvalue weighted by molar-refractivity contribution is -0.149. The van der Waals surface area contributed by atoms with Crippen LogP contribution in [-0.4, -0.2) is 46.6 Å². The molecule has 0 aromatic rings. The standard InChI is InChI=1S/C8H10N2O5/c11-7-5(9-12)3-8(4-6(7)10-13)14-1-2-15-8/h12-13H,1-4H2/b9-5-,10-6-. The number of nitrogens with zero attached hydrogens (tertiary/aromatic N) is 2. The highest BCUT2D eigenvalue weighted by Crippen LogP contribution is 2.32. The zero-order chi connectivity index (χ0) is 10.9. The van der Waals surface area contributed by atoms with Gasteiger partial charge in [-0.05, 0) is 0 Å². The summed E-state index contributed by atoms with van der Waals surface area (Å²) in [6, 6.07) is 0. The largest absolute Gasteiger partial charge is 0.411 e. The van der Waals surface area contributed by atoms with Crippen molar-refractivity contribution in [2.24, 2.45) is 10.3 Å². The van der Waals surface area contributed by atoms with Crippen LogP contribution in [0.1, 0.15) is 12.8 Å². The SMILES string of the molecule is O=C1/C(=N\O)CC2(C/C1=N/O)OCCO2. The lowest BCUT2D eigenvalue weighted by atomic mass is 9.89. The average Bonchev–Trinajstić information content (AvgIpc) is 2.70. The predicted molar refractivity (Wildman–Crippen MR) is 47.3 cm³/mol. The van der Waals surface area contributed by atoms with Gasteiger partial charge >= 0.3 is 0 Å². The first-order valence-electron chi connectivity index (χ1n) is 4.45. The maximum atomic E-state index is 11.4. The Morgan fingerprint density at radius 2 is 1.53 bits per heavy atom. The van der Waals surface area contributed by atoms with Gasteiger partial charge in [0.25, 0.3) is 0 Å². The first-order valence-corrected chi connectivity index (χ1v) is 4.45. The van der Waals surface area contributed by atoms with Crippen LogP contribution in [0.4, 0.5) is 0 Å². The number of ether oxygens (including phenoxy) is 2. The van der Waals surface area contributed by atoms with E-state index in [1.54, 1.807) is 0 Å². The van der Waals surface area contributed by atoms with E-state index in [4.69, 9.17) is 19.9 Å². The molecule has 2 aliphatic rings. The van der Waals surface area contributed by atoms with Crippen molar-refractivity contribution in [3.63, 3.8) is 0 Å². The topological polar surface area (TPSA) is 101 Å². The molecule has 2 rings (SSSR count). The zero-order valence-corrected chi connectivity index (χ0v) is 7.84. The van der Waals surface area contributed by atoms with Crippen molar-refractivity contribution in [3.05, 3.63) is 0 Å². The molecule has 0 atom stereocenters. The number of oxime groups is 2. The second kappa shape index (κ2) is 3.59. The van der Waals surface area contributed by atoms with E-state index in [1.165, 1.54) is 0 Å². The summed E-state index contributed by atoms with van der Waals surface area (Å²) in [5.41, 5.74) is -0.230. The van der Waals surface area contributed by atoms with Crippen LogP contribution >= 0.6 is 0 Å². The molecular formula is C8H10N2O5. The molecule has 1 saturated carbocycles. The van der Waals surface area contributed by atoms with Crippen LogP contribution in [0.5, 0.6) is 0 Å². The van der Waals surface area contributed by atoms with Crippen LogP contribution in [0.2, 0.25) is 0 Å². The highest BCUT2D eigenvalue weighted by molar-refractivity contribution is 6.67. The molecule has 1 saturated heterocycles. The molecule has 0 bridgehead atoms. The summed E-state index contributed by atoms with van der Waals surface area (Å²) >= 11 is 0. The first kappa shape index (κ1) is 10.1. The van der Waals surface area contributed by atoms with E-state index in [1.807, 2.05) is 0 Å². The molecule has 7 nitrogen and oxygen atoms in total. The highest BCUT2D eigenvalue weighted by atomic mass is 16.7. The molecule has 2 fully saturated rings. The van der Waals surface area contributed by atoms with Crippen LogP contribution in [0.25, 0.3) is 0 Å². The van der Waals surface area contributed by atoms with Gasteiger partial charge in [-0.2, -0.15) is 0 Å². The number of ketones is 1. The number of rotatable bonds is 0. The van der Waals surface area contributed by atoms with Gasteiger partial charge in [0, 0.05) is 0 Å². The van der Waals surface area contributed by atoms with Crippen molar-refractivity contribution in [3.8, 4) is 0 Å². The van der Waals surface area contributed by atoms with Gasteiger partial charge in [0.1, 0.15) is 11.4 Å². The Bertz CT molecular complexity index is 317. The lowest BCUT2D eigenvalue weighted by Crippen LogP contribution is -2.46. The van der Waals surface area contributed by atoms with Crippen molar-refractivity contribution >= 4 is 17.2 Å². The molecule has 1 aliphatic heterocycles. The van der Waals surface area contributed by atoms with E-state index in [-0.39, 0.29) is 24.3 Å². The number of hydrogen-bond acceptors (Lipinski definition) is 7. The van der Waals surface area contributed by atoms with E-state index in [0.717, 1.165) is 0 Å². The van der Waals surface area contributed by atoms with Gasteiger partial charge in [-0.25, -0.2) is 0 Å². The molecule has 0 radical (unpaired) electrons. The summed E-state index contributed by atoms with van der Waals surface area (Å²) < 4.78 is 10.7. The van der Waals surface area contributed by atoms with Gasteiger partial charge in [-0.1, -0.05) is 10.3 Å². The van der Waals surface area contributed by atoms with E-state index in [9.17, 15) is 4.79 Å². The molecular weight excluding hydrogens is 204 g/mol. The molecule has 0 aromatic carbocycles. The Balaban J connectivity index is 2.30. The summed E-state index contributed by atoms with van der Waals surface area (Å²) in [7, 11) is 0. The molecule has 2 N–H and O–H groups in total. The Hall–Kier alpha value is -1.47. The number of carbonyl (C=O) groups is 1. The van der Waals surface area contributed by atoms with Gasteiger partial charge in [0.15, 0.2) is 5.79 Å². The molecule has 1 aliphatic carbocycles. The second-order valence-corrected chi connectivity index (χ2v) is 3.38. The van der Waals surface area contributed by atoms with Crippen LogP contribution in [0, 0.1) is 0 Å². The Kier molecular flexibility index (Phi) is 2.41. The van der Waals surface area contributed by atoms with Crippen LogP contribution < -0.4 is 0 Å². The van der Waals surface area contributed by atoms with Crippen molar-refractivity contribution in [1.29, 1.82) is 0 Å². The minimum Gasteiger partial charge on any atom is -0.411 e. The minimum absolute atomic E-state index is 0.0708. The van der Waals surface area contributed by atoms with Crippen LogP contribution in [-0.2, 0) is 14.3 Å². The highest BCUT2D eigenvalue weighted by Gasteiger charge is 2.47. The Morgan fingerprint density at radius 1 is 1.07 bits per heavy atom. The lowest BCUT2D eigenvalue weighted by Gasteiger charge is -2.30. The quantitative estimate of drug-likeness (QED) is 0.428. The smallest absolute Gasteiger partial charge is 0.228 e. The minimum atomic E-state index is -1.00. The molecule has 0 amide bonds. The average molecular weight is 214 g/mol. The number of Topliss-reactive ketones (excluding diaryl/α,β-unsaturated/α-hetero) is 1. The zero-order valence-electron chi connectivity index (χ0n) is 7.84. The van der Waals surface area contributed by atoms with Crippen molar-refractivity contribution < 1.29 is 24.7 Å². The molecule has 1 heterocycles. The summed E-state index contributed by atoms with van der Waals surface area (Å²) in [6.45, 7) is 0.817. The van der Waals surface area contributed by atoms with Crippen LogP contribution in [0.15, 0.2) is 10.3 Å². The number of carbonyl (C=O) groups excluding carboxylic acids is 1. The normalized spacial score (nSPS) is 30.5. The Labute approximate surface area is 85.0 Å². The third-order valence-corrected chi connectivity index (χ3v) is 2.45. The third-order valence-electron chi connectivity index (χ3n) is 2.45. The van der Waals surface area contributed by atoms with E-state index < -0.39 is 11.6 Å². The molecule has 0 unspecified atom stereocenters.